The lowest BCUT2D eigenvalue weighted by Crippen LogP contribution is -2.53. The van der Waals surface area contributed by atoms with Crippen molar-refractivity contribution in [1.82, 2.24) is 10.2 Å². The fourth-order valence-corrected chi connectivity index (χ4v) is 5.40. The van der Waals surface area contributed by atoms with E-state index in [0.717, 1.165) is 39.2 Å². The second-order valence-electron chi connectivity index (χ2n) is 11.6. The SMILES string of the molecule is CCCNC(=O)[C@@H](Cc1ccccc1)N(Cc1ccc(C)cc1)C(=O)CN(c1ccc(C(C)(C)C)cc1)S(C)(=O)=O. The molecule has 0 aliphatic carbocycles. The van der Waals surface area contributed by atoms with Crippen molar-refractivity contribution < 1.29 is 18.0 Å². The normalized spacial score (nSPS) is 12.4. The predicted molar refractivity (Wildman–Crippen MR) is 166 cm³/mol. The zero-order valence-electron chi connectivity index (χ0n) is 25.1. The monoisotopic (exact) mass is 577 g/mol. The van der Waals surface area contributed by atoms with Crippen LogP contribution in [0.5, 0.6) is 0 Å². The maximum Gasteiger partial charge on any atom is 0.244 e. The van der Waals surface area contributed by atoms with Crippen LogP contribution >= 0.6 is 0 Å². The van der Waals surface area contributed by atoms with E-state index in [1.165, 1.54) is 4.90 Å². The maximum atomic E-state index is 14.1. The smallest absolute Gasteiger partial charge is 0.244 e. The largest absolute Gasteiger partial charge is 0.354 e. The summed E-state index contributed by atoms with van der Waals surface area (Å²) in [5.74, 6) is -0.722. The molecule has 0 unspecified atom stereocenters. The summed E-state index contributed by atoms with van der Waals surface area (Å²) < 4.78 is 27.1. The Kier molecular flexibility index (Phi) is 10.7. The van der Waals surface area contributed by atoms with E-state index in [4.69, 9.17) is 0 Å². The molecule has 0 aliphatic heterocycles. The van der Waals surface area contributed by atoms with Gasteiger partial charge in [0.15, 0.2) is 0 Å². The fraction of sp³-hybridized carbons (Fsp3) is 0.394. The van der Waals surface area contributed by atoms with Crippen molar-refractivity contribution in [3.63, 3.8) is 0 Å². The van der Waals surface area contributed by atoms with Gasteiger partial charge in [-0.15, -0.1) is 0 Å². The number of nitrogens with zero attached hydrogens (tertiary/aromatic N) is 2. The van der Waals surface area contributed by atoms with Crippen LogP contribution in [0.1, 0.15) is 56.4 Å². The summed E-state index contributed by atoms with van der Waals surface area (Å²) in [6.45, 7) is 10.4. The number of hydrogen-bond acceptors (Lipinski definition) is 4. The highest BCUT2D eigenvalue weighted by Gasteiger charge is 2.33. The molecule has 1 N–H and O–H groups in total. The van der Waals surface area contributed by atoms with Gasteiger partial charge in [-0.3, -0.25) is 13.9 Å². The van der Waals surface area contributed by atoms with Gasteiger partial charge in [0.1, 0.15) is 12.6 Å². The molecule has 1 atom stereocenters. The van der Waals surface area contributed by atoms with Crippen molar-refractivity contribution in [2.45, 2.75) is 65.5 Å². The van der Waals surface area contributed by atoms with Crippen LogP contribution in [0, 0.1) is 6.92 Å². The zero-order chi connectivity index (χ0) is 30.2. The van der Waals surface area contributed by atoms with Crippen LogP contribution in [0.15, 0.2) is 78.9 Å². The Morgan fingerprint density at radius 2 is 1.49 bits per heavy atom. The van der Waals surface area contributed by atoms with E-state index in [9.17, 15) is 18.0 Å². The number of carbonyl (C=O) groups excluding carboxylic acids is 2. The lowest BCUT2D eigenvalue weighted by Gasteiger charge is -2.33. The van der Waals surface area contributed by atoms with Crippen LogP contribution in [0.25, 0.3) is 0 Å². The fourth-order valence-electron chi connectivity index (χ4n) is 4.55. The molecule has 0 saturated carbocycles. The van der Waals surface area contributed by atoms with Crippen molar-refractivity contribution in [3.8, 4) is 0 Å². The Morgan fingerprint density at radius 3 is 2.02 bits per heavy atom. The van der Waals surface area contributed by atoms with E-state index in [-0.39, 0.29) is 17.9 Å². The summed E-state index contributed by atoms with van der Waals surface area (Å²) in [4.78, 5) is 29.2. The molecule has 0 radical (unpaired) electrons. The lowest BCUT2D eigenvalue weighted by atomic mass is 9.87. The Hall–Kier alpha value is -3.65. The van der Waals surface area contributed by atoms with Gasteiger partial charge >= 0.3 is 0 Å². The van der Waals surface area contributed by atoms with Crippen LogP contribution in [-0.2, 0) is 38.0 Å². The van der Waals surface area contributed by atoms with Gasteiger partial charge in [-0.1, -0.05) is 100.0 Å². The molecule has 0 saturated heterocycles. The third-order valence-electron chi connectivity index (χ3n) is 6.99. The summed E-state index contributed by atoms with van der Waals surface area (Å²) in [5, 5.41) is 2.95. The zero-order valence-corrected chi connectivity index (χ0v) is 25.9. The molecule has 0 bridgehead atoms. The van der Waals surface area contributed by atoms with Gasteiger partial charge in [0.25, 0.3) is 0 Å². The van der Waals surface area contributed by atoms with E-state index >= 15 is 0 Å². The summed E-state index contributed by atoms with van der Waals surface area (Å²) in [7, 11) is -3.81. The summed E-state index contributed by atoms with van der Waals surface area (Å²) in [6, 6.07) is 23.7. The minimum absolute atomic E-state index is 0.106. The van der Waals surface area contributed by atoms with Gasteiger partial charge in [0.2, 0.25) is 21.8 Å². The molecule has 3 aromatic carbocycles. The van der Waals surface area contributed by atoms with E-state index < -0.39 is 28.5 Å². The standard InChI is InChI=1S/C33H43N3O4S/c1-7-21-34-32(38)30(22-26-11-9-8-10-12-26)35(23-27-15-13-25(2)14-16-27)31(37)24-36(41(6,39)40)29-19-17-28(18-20-29)33(3,4)5/h8-20,30H,7,21-24H2,1-6H3,(H,34,38)/t30-/m1/s1. The first-order valence-corrected chi connectivity index (χ1v) is 15.9. The molecule has 0 aromatic heterocycles. The maximum absolute atomic E-state index is 14.1. The van der Waals surface area contributed by atoms with Gasteiger partial charge in [-0.25, -0.2) is 8.42 Å². The molecule has 220 valence electrons. The van der Waals surface area contributed by atoms with E-state index in [1.54, 1.807) is 12.1 Å². The number of carbonyl (C=O) groups is 2. The van der Waals surface area contributed by atoms with Crippen molar-refractivity contribution in [2.24, 2.45) is 0 Å². The molecule has 0 heterocycles. The van der Waals surface area contributed by atoms with Gasteiger partial charge < -0.3 is 10.2 Å². The number of nitrogens with one attached hydrogen (secondary N) is 1. The first-order valence-electron chi connectivity index (χ1n) is 14.0. The average Bonchev–Trinajstić information content (AvgIpc) is 2.92. The van der Waals surface area contributed by atoms with E-state index in [1.807, 2.05) is 80.6 Å². The first kappa shape index (κ1) is 31.9. The van der Waals surface area contributed by atoms with Crippen molar-refractivity contribution in [1.29, 1.82) is 0 Å². The van der Waals surface area contributed by atoms with Crippen molar-refractivity contribution in [2.75, 3.05) is 23.7 Å². The number of benzene rings is 3. The highest BCUT2D eigenvalue weighted by Crippen LogP contribution is 2.26. The van der Waals surface area contributed by atoms with Gasteiger partial charge in [-0.05, 0) is 47.6 Å². The summed E-state index contributed by atoms with van der Waals surface area (Å²) >= 11 is 0. The Labute approximate surface area is 245 Å². The number of aryl methyl sites for hydroxylation is 1. The van der Waals surface area contributed by atoms with Gasteiger partial charge in [0, 0.05) is 19.5 Å². The first-order chi connectivity index (χ1) is 19.3. The summed E-state index contributed by atoms with van der Waals surface area (Å²) in [6.07, 6.45) is 2.15. The number of anilines is 1. The van der Waals surface area contributed by atoms with Crippen molar-refractivity contribution in [3.05, 3.63) is 101 Å². The van der Waals surface area contributed by atoms with Crippen LogP contribution < -0.4 is 9.62 Å². The molecule has 41 heavy (non-hydrogen) atoms. The Morgan fingerprint density at radius 1 is 0.878 bits per heavy atom. The van der Waals surface area contributed by atoms with Gasteiger partial charge in [-0.2, -0.15) is 0 Å². The van der Waals surface area contributed by atoms with E-state index in [2.05, 4.69) is 26.1 Å². The minimum atomic E-state index is -3.81. The molecule has 3 aromatic rings. The van der Waals surface area contributed by atoms with Crippen molar-refractivity contribution >= 4 is 27.5 Å². The quantitative estimate of drug-likeness (QED) is 0.320. The third-order valence-corrected chi connectivity index (χ3v) is 8.13. The second kappa shape index (κ2) is 13.8. The molecule has 0 spiro atoms. The van der Waals surface area contributed by atoms with Crippen LogP contribution in [0.2, 0.25) is 0 Å². The van der Waals surface area contributed by atoms with E-state index in [0.29, 0.717) is 18.7 Å². The molecular weight excluding hydrogens is 534 g/mol. The molecule has 8 heteroatoms. The molecule has 0 fully saturated rings. The Bertz CT molecular complexity index is 1400. The highest BCUT2D eigenvalue weighted by atomic mass is 32.2. The minimum Gasteiger partial charge on any atom is -0.354 e. The third kappa shape index (κ3) is 9.18. The Balaban J connectivity index is 2.03. The predicted octanol–water partition coefficient (Wildman–Crippen LogP) is 5.22. The van der Waals surface area contributed by atoms with Gasteiger partial charge in [0.05, 0.1) is 11.9 Å². The number of sulfonamides is 1. The molecular formula is C33H43N3O4S. The van der Waals surface area contributed by atoms with Crippen LogP contribution in [0.3, 0.4) is 0 Å². The number of rotatable bonds is 12. The lowest BCUT2D eigenvalue weighted by molar-refractivity contribution is -0.140. The number of hydrogen-bond donors (Lipinski definition) is 1. The topological polar surface area (TPSA) is 86.8 Å². The highest BCUT2D eigenvalue weighted by molar-refractivity contribution is 7.92. The molecule has 0 aliphatic rings. The molecule has 3 rings (SSSR count). The van der Waals surface area contributed by atoms with Crippen LogP contribution in [-0.4, -0.2) is 50.5 Å². The van der Waals surface area contributed by atoms with Crippen LogP contribution in [0.4, 0.5) is 5.69 Å². The molecule has 7 nitrogen and oxygen atoms in total. The summed E-state index contributed by atoms with van der Waals surface area (Å²) in [5.41, 5.74) is 4.19. The average molecular weight is 578 g/mol. The molecule has 2 amide bonds. The second-order valence-corrected chi connectivity index (χ2v) is 13.5. The number of amides is 2.